The van der Waals surface area contributed by atoms with Crippen molar-refractivity contribution in [2.45, 2.75) is 31.6 Å². The normalized spacial score (nSPS) is 19.6. The van der Waals surface area contributed by atoms with Crippen LogP contribution in [0.15, 0.2) is 35.8 Å². The highest BCUT2D eigenvalue weighted by Gasteiger charge is 2.36. The highest BCUT2D eigenvalue weighted by Crippen LogP contribution is 2.44. The Kier molecular flexibility index (Phi) is 3.79. The second kappa shape index (κ2) is 5.36. The number of aliphatic imine (C=N–C) groups is 1. The molecule has 1 aromatic rings. The number of benzene rings is 1. The fourth-order valence-corrected chi connectivity index (χ4v) is 2.53. The maximum atomic E-state index is 11.3. The van der Waals surface area contributed by atoms with Crippen molar-refractivity contribution in [3.05, 3.63) is 46.5 Å². The Morgan fingerprint density at radius 3 is 2.90 bits per heavy atom. The molecule has 0 spiro atoms. The molecule has 1 heterocycles. The third kappa shape index (κ3) is 2.52. The first-order chi connectivity index (χ1) is 9.48. The maximum Gasteiger partial charge on any atom is 0.269 e. The Labute approximate surface area is 117 Å². The monoisotopic (exact) mass is 272 g/mol. The predicted octanol–water partition coefficient (Wildman–Crippen LogP) is 3.49. The summed E-state index contributed by atoms with van der Waals surface area (Å²) >= 11 is 0. The molecule has 0 bridgehead atoms. The number of nitro groups is 1. The SMILES string of the molecule is C=CC[C@]1(CCC(C)=O)C=Nc2ccc([N+](=O)[O-])cc21. The number of Topliss-reactive ketones (excluding diaryl/α,β-unsaturated/α-hetero) is 1. The summed E-state index contributed by atoms with van der Waals surface area (Å²) in [6.07, 6.45) is 5.18. The number of carbonyl (C=O) groups excluding carboxylic acids is 1. The number of hydrogen-bond donors (Lipinski definition) is 0. The average molecular weight is 272 g/mol. The van der Waals surface area contributed by atoms with Gasteiger partial charge in [0.1, 0.15) is 5.78 Å². The fourth-order valence-electron chi connectivity index (χ4n) is 2.53. The molecular weight excluding hydrogens is 256 g/mol. The van der Waals surface area contributed by atoms with Crippen LogP contribution in [0.1, 0.15) is 31.7 Å². The van der Waals surface area contributed by atoms with E-state index in [1.807, 2.05) is 0 Å². The molecule has 0 saturated carbocycles. The predicted molar refractivity (Wildman–Crippen MR) is 77.7 cm³/mol. The molecule has 0 aliphatic carbocycles. The molecule has 1 aliphatic heterocycles. The summed E-state index contributed by atoms with van der Waals surface area (Å²) in [5.74, 6) is 0.0979. The van der Waals surface area contributed by atoms with Crippen molar-refractivity contribution >= 4 is 23.4 Å². The Morgan fingerprint density at radius 1 is 1.55 bits per heavy atom. The number of rotatable bonds is 6. The summed E-state index contributed by atoms with van der Waals surface area (Å²) in [7, 11) is 0. The van der Waals surface area contributed by atoms with E-state index in [2.05, 4.69) is 11.6 Å². The number of allylic oxidation sites excluding steroid dienone is 1. The molecule has 1 atom stereocenters. The van der Waals surface area contributed by atoms with Gasteiger partial charge in [-0.25, -0.2) is 0 Å². The topological polar surface area (TPSA) is 72.6 Å². The molecule has 20 heavy (non-hydrogen) atoms. The Hall–Kier alpha value is -2.30. The summed E-state index contributed by atoms with van der Waals surface area (Å²) < 4.78 is 0. The van der Waals surface area contributed by atoms with Crippen molar-refractivity contribution in [1.29, 1.82) is 0 Å². The van der Waals surface area contributed by atoms with Crippen LogP contribution in [-0.4, -0.2) is 16.9 Å². The lowest BCUT2D eigenvalue weighted by molar-refractivity contribution is -0.384. The lowest BCUT2D eigenvalue weighted by Gasteiger charge is -2.25. The first kappa shape index (κ1) is 14.1. The van der Waals surface area contributed by atoms with Crippen molar-refractivity contribution in [2.24, 2.45) is 4.99 Å². The van der Waals surface area contributed by atoms with Crippen LogP contribution in [0, 0.1) is 10.1 Å². The van der Waals surface area contributed by atoms with E-state index in [0.717, 1.165) is 11.3 Å². The largest absolute Gasteiger partial charge is 0.300 e. The fraction of sp³-hybridized carbons (Fsp3) is 0.333. The maximum absolute atomic E-state index is 11.3. The van der Waals surface area contributed by atoms with Crippen LogP contribution >= 0.6 is 0 Å². The summed E-state index contributed by atoms with van der Waals surface area (Å²) in [4.78, 5) is 26.1. The van der Waals surface area contributed by atoms with Gasteiger partial charge in [-0.15, -0.1) is 6.58 Å². The van der Waals surface area contributed by atoms with E-state index in [0.29, 0.717) is 19.3 Å². The molecule has 1 aromatic carbocycles. The van der Waals surface area contributed by atoms with E-state index in [9.17, 15) is 14.9 Å². The van der Waals surface area contributed by atoms with Crippen LogP contribution in [0.3, 0.4) is 0 Å². The zero-order chi connectivity index (χ0) is 14.8. The smallest absolute Gasteiger partial charge is 0.269 e. The van der Waals surface area contributed by atoms with E-state index < -0.39 is 10.3 Å². The first-order valence-corrected chi connectivity index (χ1v) is 6.43. The standard InChI is InChI=1S/C15H16N2O3/c1-3-7-15(8-6-11(2)18)10-16-14-5-4-12(17(19)20)9-13(14)15/h3-5,9-10H,1,6-8H2,2H3/t15-/m0/s1. The molecule has 5 nitrogen and oxygen atoms in total. The lowest BCUT2D eigenvalue weighted by Crippen LogP contribution is -2.25. The second-order valence-electron chi connectivity index (χ2n) is 5.07. The molecular formula is C15H16N2O3. The molecule has 0 amide bonds. The zero-order valence-corrected chi connectivity index (χ0v) is 11.3. The highest BCUT2D eigenvalue weighted by molar-refractivity contribution is 5.87. The van der Waals surface area contributed by atoms with Gasteiger partial charge < -0.3 is 4.79 Å². The molecule has 2 rings (SSSR count). The quantitative estimate of drug-likeness (QED) is 0.452. The van der Waals surface area contributed by atoms with Crippen molar-refractivity contribution in [3.63, 3.8) is 0 Å². The molecule has 0 radical (unpaired) electrons. The van der Waals surface area contributed by atoms with Gasteiger partial charge in [0.15, 0.2) is 0 Å². The Morgan fingerprint density at radius 2 is 2.30 bits per heavy atom. The summed E-state index contributed by atoms with van der Waals surface area (Å²) in [6, 6.07) is 4.67. The molecule has 0 fully saturated rings. The van der Waals surface area contributed by atoms with Crippen LogP contribution in [0.25, 0.3) is 0 Å². The first-order valence-electron chi connectivity index (χ1n) is 6.43. The van der Waals surface area contributed by atoms with Gasteiger partial charge in [-0.1, -0.05) is 6.08 Å². The van der Waals surface area contributed by atoms with Gasteiger partial charge in [0.25, 0.3) is 5.69 Å². The van der Waals surface area contributed by atoms with Gasteiger partial charge in [-0.2, -0.15) is 0 Å². The molecule has 0 N–H and O–H groups in total. The molecule has 1 aliphatic rings. The van der Waals surface area contributed by atoms with E-state index in [-0.39, 0.29) is 11.5 Å². The van der Waals surface area contributed by atoms with Gasteiger partial charge in [-0.05, 0) is 31.4 Å². The zero-order valence-electron chi connectivity index (χ0n) is 11.3. The molecule has 104 valence electrons. The molecule has 0 aromatic heterocycles. The third-order valence-corrected chi connectivity index (χ3v) is 3.61. The molecule has 0 unspecified atom stereocenters. The van der Waals surface area contributed by atoms with E-state index >= 15 is 0 Å². The summed E-state index contributed by atoms with van der Waals surface area (Å²) in [5, 5.41) is 10.9. The minimum absolute atomic E-state index is 0.0468. The number of non-ortho nitro benzene ring substituents is 1. The number of carbonyl (C=O) groups is 1. The van der Waals surface area contributed by atoms with Crippen molar-refractivity contribution in [2.75, 3.05) is 0 Å². The summed E-state index contributed by atoms with van der Waals surface area (Å²) in [6.45, 7) is 5.29. The van der Waals surface area contributed by atoms with Gasteiger partial charge >= 0.3 is 0 Å². The van der Waals surface area contributed by atoms with E-state index in [1.54, 1.807) is 31.3 Å². The minimum atomic E-state index is -0.450. The van der Waals surface area contributed by atoms with Crippen molar-refractivity contribution in [3.8, 4) is 0 Å². The van der Waals surface area contributed by atoms with Crippen LogP contribution < -0.4 is 0 Å². The van der Waals surface area contributed by atoms with E-state index in [1.165, 1.54) is 6.07 Å². The van der Waals surface area contributed by atoms with E-state index in [4.69, 9.17) is 0 Å². The van der Waals surface area contributed by atoms with Gasteiger partial charge in [-0.3, -0.25) is 15.1 Å². The van der Waals surface area contributed by atoms with Crippen LogP contribution in [0.4, 0.5) is 11.4 Å². The van der Waals surface area contributed by atoms with Gasteiger partial charge in [0, 0.05) is 30.2 Å². The van der Waals surface area contributed by atoms with Crippen molar-refractivity contribution < 1.29 is 9.72 Å². The number of ketones is 1. The van der Waals surface area contributed by atoms with Gasteiger partial charge in [0.2, 0.25) is 0 Å². The van der Waals surface area contributed by atoms with Crippen molar-refractivity contribution in [1.82, 2.24) is 0 Å². The lowest BCUT2D eigenvalue weighted by atomic mass is 9.75. The second-order valence-corrected chi connectivity index (χ2v) is 5.07. The number of fused-ring (bicyclic) bond motifs is 1. The highest BCUT2D eigenvalue weighted by atomic mass is 16.6. The third-order valence-electron chi connectivity index (χ3n) is 3.61. The Balaban J connectivity index is 2.44. The number of hydrogen-bond acceptors (Lipinski definition) is 4. The Bertz CT molecular complexity index is 607. The summed E-state index contributed by atoms with van der Waals surface area (Å²) in [5.41, 5.74) is 1.15. The van der Waals surface area contributed by atoms with Crippen LogP contribution in [0.5, 0.6) is 0 Å². The van der Waals surface area contributed by atoms with Crippen LogP contribution in [-0.2, 0) is 10.2 Å². The number of nitrogens with zero attached hydrogens (tertiary/aromatic N) is 2. The minimum Gasteiger partial charge on any atom is -0.300 e. The molecule has 5 heteroatoms. The average Bonchev–Trinajstić information content (AvgIpc) is 2.76. The van der Waals surface area contributed by atoms with Crippen LogP contribution in [0.2, 0.25) is 0 Å². The number of nitro benzene ring substituents is 1. The molecule has 0 saturated heterocycles. The van der Waals surface area contributed by atoms with Gasteiger partial charge in [0.05, 0.1) is 10.6 Å².